The van der Waals surface area contributed by atoms with Crippen molar-refractivity contribution in [3.63, 3.8) is 0 Å². The number of likely N-dealkylation sites (N-methyl/N-ethyl adjacent to an activating group) is 2. The van der Waals surface area contributed by atoms with E-state index in [1.165, 1.54) is 0 Å². The second-order valence-corrected chi connectivity index (χ2v) is 8.58. The van der Waals surface area contributed by atoms with Gasteiger partial charge in [0.05, 0.1) is 0 Å². The molecule has 2 aromatic rings. The van der Waals surface area contributed by atoms with E-state index >= 15 is 0 Å². The van der Waals surface area contributed by atoms with Crippen LogP contribution in [0.2, 0.25) is 0 Å². The molecule has 7 heteroatoms. The van der Waals surface area contributed by atoms with Gasteiger partial charge in [-0.1, -0.05) is 25.1 Å². The molecule has 30 heavy (non-hydrogen) atoms. The molecule has 1 aromatic heterocycles. The molecule has 0 unspecified atom stereocenters. The smallest absolute Gasteiger partial charge is 0.276 e. The summed E-state index contributed by atoms with van der Waals surface area (Å²) in [4.78, 5) is 31.0. The predicted molar refractivity (Wildman–Crippen MR) is 123 cm³/mol. The van der Waals surface area contributed by atoms with Gasteiger partial charge in [0.1, 0.15) is 12.2 Å². The number of hydrogen-bond donors (Lipinski definition) is 0. The van der Waals surface area contributed by atoms with Crippen LogP contribution in [-0.2, 0) is 16.1 Å². The van der Waals surface area contributed by atoms with Crippen molar-refractivity contribution in [2.75, 3.05) is 26.7 Å². The van der Waals surface area contributed by atoms with E-state index in [9.17, 15) is 9.59 Å². The van der Waals surface area contributed by atoms with Crippen LogP contribution in [0.4, 0.5) is 0 Å². The molecule has 0 aliphatic carbocycles. The van der Waals surface area contributed by atoms with Crippen LogP contribution in [0, 0.1) is 5.92 Å². The van der Waals surface area contributed by atoms with Gasteiger partial charge < -0.3 is 14.4 Å². The number of benzene rings is 1. The molecule has 2 saturated heterocycles. The lowest BCUT2D eigenvalue weighted by Crippen LogP contribution is -2.39. The first kappa shape index (κ1) is 20.6. The van der Waals surface area contributed by atoms with Crippen molar-refractivity contribution < 1.29 is 9.59 Å². The molecule has 158 valence electrons. The van der Waals surface area contributed by atoms with Crippen molar-refractivity contribution >= 4 is 46.1 Å². The number of carbonyl (C=O) groups excluding carboxylic acids is 2. The van der Waals surface area contributed by atoms with E-state index in [0.717, 1.165) is 42.4 Å². The highest BCUT2D eigenvalue weighted by Crippen LogP contribution is 2.28. The van der Waals surface area contributed by atoms with E-state index in [1.54, 1.807) is 9.80 Å². The third-order valence-electron chi connectivity index (χ3n) is 6.21. The fraction of sp³-hybridized carbons (Fsp3) is 0.435. The van der Waals surface area contributed by atoms with Gasteiger partial charge in [0.15, 0.2) is 5.11 Å². The molecule has 4 rings (SSSR count). The zero-order valence-electron chi connectivity index (χ0n) is 17.8. The Balaban J connectivity index is 1.66. The molecule has 2 aliphatic rings. The number of para-hydroxylation sites is 1. The highest BCUT2D eigenvalue weighted by atomic mass is 32.1. The molecule has 2 aliphatic heterocycles. The first-order chi connectivity index (χ1) is 14.4. The standard InChI is InChI=1S/C23H28N4O2S/c1-4-27-22(29)20(24(3)23(27)30)13-17-14-26(19-8-6-5-7-18(17)19)15-21(28)25-11-9-16(2)10-12-25/h5-8,13-14,16H,4,9-12,15H2,1-3H3/b20-13-. The maximum absolute atomic E-state index is 12.9. The topological polar surface area (TPSA) is 48.8 Å². The summed E-state index contributed by atoms with van der Waals surface area (Å²) >= 11 is 5.41. The number of aromatic nitrogens is 1. The van der Waals surface area contributed by atoms with Crippen molar-refractivity contribution in [3.05, 3.63) is 41.7 Å². The molecule has 1 aromatic carbocycles. The minimum absolute atomic E-state index is 0.0830. The lowest BCUT2D eigenvalue weighted by Gasteiger charge is -2.30. The van der Waals surface area contributed by atoms with Crippen LogP contribution in [0.25, 0.3) is 17.0 Å². The summed E-state index contributed by atoms with van der Waals surface area (Å²) in [7, 11) is 1.82. The van der Waals surface area contributed by atoms with Crippen LogP contribution in [-0.4, -0.2) is 62.9 Å². The number of amides is 2. The maximum Gasteiger partial charge on any atom is 0.276 e. The SMILES string of the molecule is CCN1C(=O)/C(=C/c2cn(CC(=O)N3CCC(C)CC3)c3ccccc23)N(C)C1=S. The van der Waals surface area contributed by atoms with Crippen LogP contribution in [0.15, 0.2) is 36.2 Å². The third-order valence-corrected chi connectivity index (χ3v) is 6.71. The molecule has 2 amide bonds. The Bertz CT molecular complexity index is 1030. The largest absolute Gasteiger partial charge is 0.341 e. The molecule has 0 atom stereocenters. The highest BCUT2D eigenvalue weighted by Gasteiger charge is 2.34. The summed E-state index contributed by atoms with van der Waals surface area (Å²) in [5, 5.41) is 1.54. The minimum Gasteiger partial charge on any atom is -0.341 e. The van der Waals surface area contributed by atoms with Crippen LogP contribution < -0.4 is 0 Å². The zero-order chi connectivity index (χ0) is 21.4. The van der Waals surface area contributed by atoms with Crippen LogP contribution >= 0.6 is 12.2 Å². The zero-order valence-corrected chi connectivity index (χ0v) is 18.6. The molecule has 2 fully saturated rings. The molecule has 6 nitrogen and oxygen atoms in total. The monoisotopic (exact) mass is 424 g/mol. The first-order valence-electron chi connectivity index (χ1n) is 10.6. The van der Waals surface area contributed by atoms with Crippen LogP contribution in [0.5, 0.6) is 0 Å². The molecule has 3 heterocycles. The van der Waals surface area contributed by atoms with Gasteiger partial charge in [-0.25, -0.2) is 0 Å². The lowest BCUT2D eigenvalue weighted by atomic mass is 9.99. The Kier molecular flexibility index (Phi) is 5.64. The van der Waals surface area contributed by atoms with Gasteiger partial charge in [0, 0.05) is 49.3 Å². The summed E-state index contributed by atoms with van der Waals surface area (Å²) < 4.78 is 2.00. The summed E-state index contributed by atoms with van der Waals surface area (Å²) in [5.74, 6) is 0.754. The van der Waals surface area contributed by atoms with E-state index < -0.39 is 0 Å². The Morgan fingerprint density at radius 2 is 1.93 bits per heavy atom. The van der Waals surface area contributed by atoms with Gasteiger partial charge in [-0.15, -0.1) is 0 Å². The Morgan fingerprint density at radius 3 is 2.60 bits per heavy atom. The number of piperidine rings is 1. The molecule has 0 N–H and O–H groups in total. The molecular weight excluding hydrogens is 396 g/mol. The van der Waals surface area contributed by atoms with Crippen molar-refractivity contribution in [3.8, 4) is 0 Å². The molecular formula is C23H28N4O2S. The number of fused-ring (bicyclic) bond motifs is 1. The molecule has 0 saturated carbocycles. The van der Waals surface area contributed by atoms with E-state index in [0.29, 0.717) is 29.8 Å². The number of likely N-dealkylation sites (tertiary alicyclic amines) is 1. The summed E-state index contributed by atoms with van der Waals surface area (Å²) in [6, 6.07) is 8.00. The van der Waals surface area contributed by atoms with Gasteiger partial charge in [-0.3, -0.25) is 14.5 Å². The Morgan fingerprint density at radius 1 is 1.23 bits per heavy atom. The number of thiocarbonyl (C=S) groups is 1. The molecule has 0 radical (unpaired) electrons. The maximum atomic E-state index is 12.9. The summed E-state index contributed by atoms with van der Waals surface area (Å²) in [6.45, 7) is 6.68. The van der Waals surface area contributed by atoms with Crippen molar-refractivity contribution in [2.45, 2.75) is 33.2 Å². The van der Waals surface area contributed by atoms with Crippen molar-refractivity contribution in [2.24, 2.45) is 5.92 Å². The summed E-state index contributed by atoms with van der Waals surface area (Å²) in [5.41, 5.74) is 2.47. The lowest BCUT2D eigenvalue weighted by molar-refractivity contribution is -0.133. The predicted octanol–water partition coefficient (Wildman–Crippen LogP) is 3.32. The minimum atomic E-state index is -0.0830. The second-order valence-electron chi connectivity index (χ2n) is 8.21. The molecule has 0 spiro atoms. The Hall–Kier alpha value is -2.67. The van der Waals surface area contributed by atoms with Crippen LogP contribution in [0.1, 0.15) is 32.3 Å². The van der Waals surface area contributed by atoms with E-state index in [4.69, 9.17) is 12.2 Å². The van der Waals surface area contributed by atoms with Crippen molar-refractivity contribution in [1.82, 2.24) is 19.3 Å². The first-order valence-corrected chi connectivity index (χ1v) is 11.0. The average Bonchev–Trinajstić information content (AvgIpc) is 3.18. The quantitative estimate of drug-likeness (QED) is 0.558. The second kappa shape index (κ2) is 8.22. The van der Waals surface area contributed by atoms with Gasteiger partial charge >= 0.3 is 0 Å². The van der Waals surface area contributed by atoms with Gasteiger partial charge in [-0.2, -0.15) is 0 Å². The Labute approximate surface area is 182 Å². The van der Waals surface area contributed by atoms with Crippen molar-refractivity contribution in [1.29, 1.82) is 0 Å². The fourth-order valence-electron chi connectivity index (χ4n) is 4.26. The number of rotatable bonds is 4. The van der Waals surface area contributed by atoms with E-state index in [2.05, 4.69) is 6.92 Å². The van der Waals surface area contributed by atoms with E-state index in [1.807, 2.05) is 60.0 Å². The normalized spacial score (nSPS) is 19.6. The number of carbonyl (C=O) groups is 2. The number of nitrogens with zero attached hydrogens (tertiary/aromatic N) is 4. The third kappa shape index (κ3) is 3.62. The van der Waals surface area contributed by atoms with Crippen LogP contribution in [0.3, 0.4) is 0 Å². The van der Waals surface area contributed by atoms with Gasteiger partial charge in [-0.05, 0) is 50.0 Å². The van der Waals surface area contributed by atoms with Gasteiger partial charge in [0.25, 0.3) is 5.91 Å². The fourth-order valence-corrected chi connectivity index (χ4v) is 4.57. The molecule has 0 bridgehead atoms. The number of hydrogen-bond acceptors (Lipinski definition) is 3. The average molecular weight is 425 g/mol. The highest BCUT2D eigenvalue weighted by molar-refractivity contribution is 7.80. The summed E-state index contributed by atoms with van der Waals surface area (Å²) in [6.07, 6.45) is 5.99. The van der Waals surface area contributed by atoms with E-state index in [-0.39, 0.29) is 11.8 Å². The van der Waals surface area contributed by atoms with Gasteiger partial charge in [0.2, 0.25) is 5.91 Å².